The van der Waals surface area contributed by atoms with Crippen molar-refractivity contribution >= 4 is 23.1 Å². The number of rotatable bonds is 4. The lowest BCUT2D eigenvalue weighted by Gasteiger charge is -2.09. The number of aromatic nitrogens is 2. The third-order valence-corrected chi connectivity index (χ3v) is 3.41. The maximum Gasteiger partial charge on any atom is 0.416 e. The molecule has 0 unspecified atom stereocenters. The molecule has 0 saturated carbocycles. The molecule has 0 aliphatic rings. The second kappa shape index (κ2) is 7.22. The Balaban J connectivity index is 1.64. The average Bonchev–Trinajstić information content (AvgIpc) is 2.63. The van der Waals surface area contributed by atoms with Crippen LogP contribution in [0.2, 0.25) is 0 Å². The Morgan fingerprint density at radius 3 is 2.08 bits per heavy atom. The van der Waals surface area contributed by atoms with Crippen molar-refractivity contribution in [2.45, 2.75) is 6.18 Å². The van der Waals surface area contributed by atoms with E-state index in [1.165, 1.54) is 18.2 Å². The van der Waals surface area contributed by atoms with Gasteiger partial charge in [-0.15, -0.1) is 10.2 Å². The Bertz CT molecular complexity index is 879. The van der Waals surface area contributed by atoms with E-state index in [9.17, 15) is 18.0 Å². The zero-order valence-corrected chi connectivity index (χ0v) is 13.3. The third kappa shape index (κ3) is 4.35. The highest BCUT2D eigenvalue weighted by atomic mass is 19.4. The molecule has 0 aliphatic carbocycles. The summed E-state index contributed by atoms with van der Waals surface area (Å²) in [5, 5.41) is 13.2. The normalized spacial score (nSPS) is 11.0. The van der Waals surface area contributed by atoms with Gasteiger partial charge in [-0.3, -0.25) is 4.79 Å². The van der Waals surface area contributed by atoms with Gasteiger partial charge in [-0.05, 0) is 48.5 Å². The summed E-state index contributed by atoms with van der Waals surface area (Å²) in [7, 11) is 0. The molecule has 0 atom stereocenters. The highest BCUT2D eigenvalue weighted by Crippen LogP contribution is 2.29. The van der Waals surface area contributed by atoms with Crippen LogP contribution in [0.4, 0.5) is 30.4 Å². The van der Waals surface area contributed by atoms with Crippen molar-refractivity contribution in [3.63, 3.8) is 0 Å². The van der Waals surface area contributed by atoms with Crippen LogP contribution >= 0.6 is 0 Å². The maximum atomic E-state index is 12.5. The summed E-state index contributed by atoms with van der Waals surface area (Å²) in [6, 6.07) is 16.5. The molecule has 2 aromatic carbocycles. The van der Waals surface area contributed by atoms with Gasteiger partial charge in [0.2, 0.25) is 0 Å². The minimum atomic E-state index is -4.42. The smallest absolute Gasteiger partial charge is 0.339 e. The summed E-state index contributed by atoms with van der Waals surface area (Å²) in [6.07, 6.45) is -4.42. The van der Waals surface area contributed by atoms with Crippen LogP contribution in [0.15, 0.2) is 66.7 Å². The van der Waals surface area contributed by atoms with Crippen LogP contribution in [0.25, 0.3) is 0 Å². The van der Waals surface area contributed by atoms with Gasteiger partial charge in [0, 0.05) is 11.4 Å². The summed E-state index contributed by atoms with van der Waals surface area (Å²) in [6.45, 7) is 0. The molecule has 26 heavy (non-hydrogen) atoms. The van der Waals surface area contributed by atoms with Gasteiger partial charge in [0.1, 0.15) is 0 Å². The number of benzene rings is 2. The lowest BCUT2D eigenvalue weighted by molar-refractivity contribution is -0.137. The van der Waals surface area contributed by atoms with Crippen molar-refractivity contribution in [3.05, 3.63) is 78.0 Å². The number of amides is 1. The van der Waals surface area contributed by atoms with Crippen LogP contribution in [0.3, 0.4) is 0 Å². The van der Waals surface area contributed by atoms with E-state index in [-0.39, 0.29) is 11.4 Å². The molecule has 1 amide bonds. The van der Waals surface area contributed by atoms with Crippen LogP contribution in [0.5, 0.6) is 0 Å². The largest absolute Gasteiger partial charge is 0.416 e. The van der Waals surface area contributed by atoms with Crippen molar-refractivity contribution in [2.75, 3.05) is 10.6 Å². The summed E-state index contributed by atoms with van der Waals surface area (Å²) in [4.78, 5) is 12.1. The van der Waals surface area contributed by atoms with E-state index < -0.39 is 17.6 Å². The molecule has 3 aromatic rings. The molecule has 0 bridgehead atoms. The fourth-order valence-corrected chi connectivity index (χ4v) is 2.13. The number of hydrogen-bond donors (Lipinski definition) is 2. The summed E-state index contributed by atoms with van der Waals surface area (Å²) in [5.74, 6) is -0.106. The molecular weight excluding hydrogens is 345 g/mol. The van der Waals surface area contributed by atoms with Gasteiger partial charge < -0.3 is 10.6 Å². The predicted molar refractivity (Wildman–Crippen MR) is 91.2 cm³/mol. The number of carbonyl (C=O) groups is 1. The lowest BCUT2D eigenvalue weighted by atomic mass is 10.2. The van der Waals surface area contributed by atoms with Gasteiger partial charge in [-0.2, -0.15) is 13.2 Å². The number of anilines is 3. The summed E-state index contributed by atoms with van der Waals surface area (Å²) in [5.41, 5.74) is 0.315. The minimum absolute atomic E-state index is 0.0449. The first-order chi connectivity index (χ1) is 12.4. The maximum absolute atomic E-state index is 12.5. The second-order valence-electron chi connectivity index (χ2n) is 5.32. The number of carbonyl (C=O) groups excluding carboxylic acids is 1. The topological polar surface area (TPSA) is 66.9 Å². The van der Waals surface area contributed by atoms with E-state index in [1.54, 1.807) is 6.07 Å². The molecule has 3 rings (SSSR count). The Kier molecular flexibility index (Phi) is 4.83. The lowest BCUT2D eigenvalue weighted by Crippen LogP contribution is -2.15. The fourth-order valence-electron chi connectivity index (χ4n) is 2.13. The summed E-state index contributed by atoms with van der Waals surface area (Å²) >= 11 is 0. The SMILES string of the molecule is O=C(Nc1ccc(C(F)(F)F)cc1)c1ccc(Nc2ccccc2)nn1. The van der Waals surface area contributed by atoms with Gasteiger partial charge in [-0.1, -0.05) is 18.2 Å². The van der Waals surface area contributed by atoms with Crippen molar-refractivity contribution in [1.82, 2.24) is 10.2 Å². The van der Waals surface area contributed by atoms with Crippen molar-refractivity contribution in [3.8, 4) is 0 Å². The first-order valence-electron chi connectivity index (χ1n) is 7.56. The Labute approximate surface area is 146 Å². The third-order valence-electron chi connectivity index (χ3n) is 3.41. The van der Waals surface area contributed by atoms with Crippen molar-refractivity contribution in [2.24, 2.45) is 0 Å². The van der Waals surface area contributed by atoms with Gasteiger partial charge in [0.05, 0.1) is 5.56 Å². The number of hydrogen-bond acceptors (Lipinski definition) is 4. The van der Waals surface area contributed by atoms with Gasteiger partial charge in [0.15, 0.2) is 11.5 Å². The molecule has 0 saturated heterocycles. The number of halogens is 3. The molecule has 0 spiro atoms. The first kappa shape index (κ1) is 17.4. The minimum Gasteiger partial charge on any atom is -0.339 e. The first-order valence-corrected chi connectivity index (χ1v) is 7.56. The van der Waals surface area contributed by atoms with E-state index in [0.717, 1.165) is 17.8 Å². The molecule has 2 N–H and O–H groups in total. The number of nitrogens with zero attached hydrogens (tertiary/aromatic N) is 2. The average molecular weight is 358 g/mol. The van der Waals surface area contributed by atoms with E-state index in [4.69, 9.17) is 0 Å². The van der Waals surface area contributed by atoms with Crippen LogP contribution in [0, 0.1) is 0 Å². The molecule has 8 heteroatoms. The molecule has 5 nitrogen and oxygen atoms in total. The number of alkyl halides is 3. The molecule has 0 radical (unpaired) electrons. The molecule has 1 heterocycles. The molecule has 1 aromatic heterocycles. The van der Waals surface area contributed by atoms with Crippen LogP contribution in [0.1, 0.15) is 16.1 Å². The Morgan fingerprint density at radius 2 is 1.50 bits per heavy atom. The number of para-hydroxylation sites is 1. The van der Waals surface area contributed by atoms with Gasteiger partial charge >= 0.3 is 6.18 Å². The zero-order valence-electron chi connectivity index (χ0n) is 13.3. The highest BCUT2D eigenvalue weighted by molar-refractivity contribution is 6.02. The Hall–Kier alpha value is -3.42. The number of nitrogens with one attached hydrogen (secondary N) is 2. The van der Waals surface area contributed by atoms with Crippen LogP contribution < -0.4 is 10.6 Å². The van der Waals surface area contributed by atoms with Crippen molar-refractivity contribution < 1.29 is 18.0 Å². The quantitative estimate of drug-likeness (QED) is 0.721. The molecular formula is C18H13F3N4O. The second-order valence-corrected chi connectivity index (χ2v) is 5.32. The van der Waals surface area contributed by atoms with Gasteiger partial charge in [-0.25, -0.2) is 0 Å². The zero-order chi connectivity index (χ0) is 18.6. The van der Waals surface area contributed by atoms with Crippen molar-refractivity contribution in [1.29, 1.82) is 0 Å². The molecule has 0 fully saturated rings. The van der Waals surface area contributed by atoms with E-state index in [2.05, 4.69) is 20.8 Å². The van der Waals surface area contributed by atoms with Crippen LogP contribution in [-0.2, 0) is 6.18 Å². The summed E-state index contributed by atoms with van der Waals surface area (Å²) < 4.78 is 37.6. The standard InChI is InChI=1S/C18H13F3N4O/c19-18(20,21)12-6-8-14(9-7-12)23-17(26)15-10-11-16(25-24-15)22-13-4-2-1-3-5-13/h1-11H,(H,22,25)(H,23,26). The monoisotopic (exact) mass is 358 g/mol. The van der Waals surface area contributed by atoms with E-state index in [1.807, 2.05) is 30.3 Å². The van der Waals surface area contributed by atoms with E-state index in [0.29, 0.717) is 5.82 Å². The fraction of sp³-hybridized carbons (Fsp3) is 0.0556. The van der Waals surface area contributed by atoms with Gasteiger partial charge in [0.25, 0.3) is 5.91 Å². The van der Waals surface area contributed by atoms with Crippen LogP contribution in [-0.4, -0.2) is 16.1 Å². The highest BCUT2D eigenvalue weighted by Gasteiger charge is 2.30. The molecule has 0 aliphatic heterocycles. The predicted octanol–water partition coefficient (Wildman–Crippen LogP) is 4.49. The Morgan fingerprint density at radius 1 is 0.808 bits per heavy atom. The van der Waals surface area contributed by atoms with E-state index >= 15 is 0 Å². The molecule has 132 valence electrons.